The van der Waals surface area contributed by atoms with Gasteiger partial charge in [0.15, 0.2) is 0 Å². The largest absolute Gasteiger partial charge is 0.338 e. The Labute approximate surface area is 145 Å². The summed E-state index contributed by atoms with van der Waals surface area (Å²) in [6.45, 7) is 2.95. The molecule has 0 atom stereocenters. The summed E-state index contributed by atoms with van der Waals surface area (Å²) in [5.41, 5.74) is 1.05. The number of benzene rings is 1. The van der Waals surface area contributed by atoms with Gasteiger partial charge < -0.3 is 4.90 Å². The van der Waals surface area contributed by atoms with Gasteiger partial charge in [0.05, 0.1) is 12.8 Å². The first kappa shape index (κ1) is 18.9. The first-order valence-electron chi connectivity index (χ1n) is 8.70. The maximum absolute atomic E-state index is 12.7. The summed E-state index contributed by atoms with van der Waals surface area (Å²) in [5, 5.41) is 0. The van der Waals surface area contributed by atoms with E-state index >= 15 is 0 Å². The van der Waals surface area contributed by atoms with E-state index in [0.717, 1.165) is 37.7 Å². The fraction of sp³-hybridized carbons (Fsp3) is 0.611. The highest BCUT2D eigenvalue weighted by molar-refractivity contribution is 7.88. The first-order chi connectivity index (χ1) is 11.4. The highest BCUT2D eigenvalue weighted by atomic mass is 32.2. The van der Waals surface area contributed by atoms with Crippen molar-refractivity contribution in [3.05, 3.63) is 35.9 Å². The minimum Gasteiger partial charge on any atom is -0.338 e. The van der Waals surface area contributed by atoms with Crippen molar-refractivity contribution >= 4 is 15.9 Å². The molecule has 0 N–H and O–H groups in total. The Kier molecular flexibility index (Phi) is 6.80. The molecule has 0 radical (unpaired) electrons. The normalized spacial score (nSPS) is 16.3. The van der Waals surface area contributed by atoms with Crippen LogP contribution in [-0.2, 0) is 21.4 Å². The van der Waals surface area contributed by atoms with Crippen LogP contribution in [0.5, 0.6) is 0 Å². The van der Waals surface area contributed by atoms with E-state index in [1.807, 2.05) is 37.3 Å². The maximum atomic E-state index is 12.7. The molecule has 0 aliphatic heterocycles. The van der Waals surface area contributed by atoms with Crippen LogP contribution >= 0.6 is 0 Å². The Hall–Kier alpha value is -1.40. The second-order valence-corrected chi connectivity index (χ2v) is 8.43. The second kappa shape index (κ2) is 8.62. The lowest BCUT2D eigenvalue weighted by Gasteiger charge is -2.33. The fourth-order valence-electron chi connectivity index (χ4n) is 3.30. The lowest BCUT2D eigenvalue weighted by atomic mass is 9.95. The highest BCUT2D eigenvalue weighted by Crippen LogP contribution is 2.24. The van der Waals surface area contributed by atoms with Crippen LogP contribution in [0.4, 0.5) is 0 Å². The van der Waals surface area contributed by atoms with Gasteiger partial charge in [-0.1, -0.05) is 49.6 Å². The van der Waals surface area contributed by atoms with Crippen molar-refractivity contribution < 1.29 is 13.2 Å². The van der Waals surface area contributed by atoms with Crippen molar-refractivity contribution in [2.75, 3.05) is 19.3 Å². The smallest absolute Gasteiger partial charge is 0.238 e. The number of hydrogen-bond donors (Lipinski definition) is 0. The van der Waals surface area contributed by atoms with Crippen molar-refractivity contribution in [2.45, 2.75) is 51.6 Å². The van der Waals surface area contributed by atoms with Gasteiger partial charge in [-0.2, -0.15) is 4.31 Å². The molecular weight excluding hydrogens is 324 g/mol. The molecule has 1 amide bonds. The molecule has 0 spiro atoms. The van der Waals surface area contributed by atoms with Gasteiger partial charge in [-0.15, -0.1) is 0 Å². The Morgan fingerprint density at radius 3 is 2.29 bits per heavy atom. The monoisotopic (exact) mass is 352 g/mol. The van der Waals surface area contributed by atoms with Crippen LogP contribution in [-0.4, -0.2) is 48.9 Å². The number of rotatable bonds is 7. The quantitative estimate of drug-likeness (QED) is 0.758. The van der Waals surface area contributed by atoms with Crippen molar-refractivity contribution in [1.82, 2.24) is 9.21 Å². The minimum absolute atomic E-state index is 0.0341. The summed E-state index contributed by atoms with van der Waals surface area (Å²) in [4.78, 5) is 14.4. The van der Waals surface area contributed by atoms with E-state index in [-0.39, 0.29) is 18.5 Å². The van der Waals surface area contributed by atoms with Crippen LogP contribution in [0.15, 0.2) is 30.3 Å². The topological polar surface area (TPSA) is 57.7 Å². The molecule has 0 heterocycles. The Morgan fingerprint density at radius 2 is 1.75 bits per heavy atom. The molecule has 0 aromatic heterocycles. The van der Waals surface area contributed by atoms with Crippen molar-refractivity contribution in [3.63, 3.8) is 0 Å². The SMILES string of the molecule is CCN(Cc1ccccc1)C(=O)CN(C1CCCCC1)S(C)(=O)=O. The van der Waals surface area contributed by atoms with Crippen LogP contribution in [0.3, 0.4) is 0 Å². The summed E-state index contributed by atoms with van der Waals surface area (Å²) in [6.07, 6.45) is 6.13. The summed E-state index contributed by atoms with van der Waals surface area (Å²) < 4.78 is 25.8. The Balaban J connectivity index is 2.07. The number of nitrogens with zero attached hydrogens (tertiary/aromatic N) is 2. The van der Waals surface area contributed by atoms with Gasteiger partial charge in [0.25, 0.3) is 0 Å². The van der Waals surface area contributed by atoms with Crippen molar-refractivity contribution in [2.24, 2.45) is 0 Å². The van der Waals surface area contributed by atoms with Gasteiger partial charge in [-0.3, -0.25) is 4.79 Å². The van der Waals surface area contributed by atoms with Gasteiger partial charge >= 0.3 is 0 Å². The highest BCUT2D eigenvalue weighted by Gasteiger charge is 2.31. The van der Waals surface area contributed by atoms with E-state index in [1.165, 1.54) is 10.6 Å². The third-order valence-electron chi connectivity index (χ3n) is 4.65. The summed E-state index contributed by atoms with van der Waals surface area (Å²) in [6, 6.07) is 9.75. The molecule has 134 valence electrons. The van der Waals surface area contributed by atoms with E-state index in [9.17, 15) is 13.2 Å². The predicted octanol–water partition coefficient (Wildman–Crippen LogP) is 2.63. The number of carbonyl (C=O) groups excluding carboxylic acids is 1. The molecule has 1 saturated carbocycles. The Bertz CT molecular complexity index is 625. The van der Waals surface area contributed by atoms with Crippen LogP contribution < -0.4 is 0 Å². The number of hydrogen-bond acceptors (Lipinski definition) is 3. The third-order valence-corrected chi connectivity index (χ3v) is 5.93. The Morgan fingerprint density at radius 1 is 1.12 bits per heavy atom. The molecule has 6 heteroatoms. The molecule has 24 heavy (non-hydrogen) atoms. The van der Waals surface area contributed by atoms with E-state index in [4.69, 9.17) is 0 Å². The molecule has 1 aromatic rings. The molecule has 0 bridgehead atoms. The lowest BCUT2D eigenvalue weighted by Crippen LogP contribution is -2.47. The summed E-state index contributed by atoms with van der Waals surface area (Å²) in [5.74, 6) is -0.127. The zero-order valence-corrected chi connectivity index (χ0v) is 15.5. The molecule has 1 aromatic carbocycles. The molecule has 1 aliphatic carbocycles. The lowest BCUT2D eigenvalue weighted by molar-refractivity contribution is -0.132. The average Bonchev–Trinajstić information content (AvgIpc) is 2.58. The van der Waals surface area contributed by atoms with E-state index in [1.54, 1.807) is 4.90 Å². The number of amides is 1. The zero-order valence-electron chi connectivity index (χ0n) is 14.6. The van der Waals surface area contributed by atoms with Gasteiger partial charge in [-0.25, -0.2) is 8.42 Å². The van der Waals surface area contributed by atoms with Crippen LogP contribution in [0, 0.1) is 0 Å². The second-order valence-electron chi connectivity index (χ2n) is 6.49. The molecule has 1 fully saturated rings. The van der Waals surface area contributed by atoms with E-state index in [0.29, 0.717) is 13.1 Å². The summed E-state index contributed by atoms with van der Waals surface area (Å²) >= 11 is 0. The molecule has 5 nitrogen and oxygen atoms in total. The van der Waals surface area contributed by atoms with Crippen molar-refractivity contribution in [3.8, 4) is 0 Å². The molecule has 0 saturated heterocycles. The maximum Gasteiger partial charge on any atom is 0.238 e. The van der Waals surface area contributed by atoms with E-state index in [2.05, 4.69) is 0 Å². The minimum atomic E-state index is -3.39. The zero-order chi connectivity index (χ0) is 17.6. The summed E-state index contributed by atoms with van der Waals surface area (Å²) in [7, 11) is -3.39. The van der Waals surface area contributed by atoms with Gasteiger partial charge in [-0.05, 0) is 25.3 Å². The molecule has 2 rings (SSSR count). The molecule has 0 unspecified atom stereocenters. The van der Waals surface area contributed by atoms with E-state index < -0.39 is 10.0 Å². The number of likely N-dealkylation sites (N-methyl/N-ethyl adjacent to an activating group) is 1. The number of sulfonamides is 1. The standard InChI is InChI=1S/C18H28N2O3S/c1-3-19(14-16-10-6-4-7-11-16)18(21)15-20(24(2,22)23)17-12-8-5-9-13-17/h4,6-7,10-11,17H,3,5,8-9,12-15H2,1-2H3. The molecular formula is C18H28N2O3S. The number of carbonyl (C=O) groups is 1. The first-order valence-corrected chi connectivity index (χ1v) is 10.5. The van der Waals surface area contributed by atoms with Gasteiger partial charge in [0.1, 0.15) is 0 Å². The van der Waals surface area contributed by atoms with Crippen LogP contribution in [0.2, 0.25) is 0 Å². The van der Waals surface area contributed by atoms with Crippen LogP contribution in [0.25, 0.3) is 0 Å². The van der Waals surface area contributed by atoms with Crippen molar-refractivity contribution in [1.29, 1.82) is 0 Å². The predicted molar refractivity (Wildman–Crippen MR) is 96.0 cm³/mol. The van der Waals surface area contributed by atoms with Gasteiger partial charge in [0, 0.05) is 19.1 Å². The van der Waals surface area contributed by atoms with Gasteiger partial charge in [0.2, 0.25) is 15.9 Å². The van der Waals surface area contributed by atoms with Crippen LogP contribution in [0.1, 0.15) is 44.6 Å². The molecule has 1 aliphatic rings. The fourth-order valence-corrected chi connectivity index (χ4v) is 4.40. The third kappa shape index (κ3) is 5.31. The average molecular weight is 353 g/mol.